The van der Waals surface area contributed by atoms with E-state index in [1.54, 1.807) is 0 Å². The second-order valence-electron chi connectivity index (χ2n) is 4.93. The molecule has 2 aromatic rings. The highest BCUT2D eigenvalue weighted by Gasteiger charge is 2.15. The molecule has 0 spiro atoms. The molecule has 2 N–H and O–H groups in total. The highest BCUT2D eigenvalue weighted by Crippen LogP contribution is 2.17. The molecule has 1 fully saturated rings. The first kappa shape index (κ1) is 11.7. The van der Waals surface area contributed by atoms with E-state index in [1.165, 1.54) is 12.8 Å². The maximum atomic E-state index is 5.75. The summed E-state index contributed by atoms with van der Waals surface area (Å²) < 4.78 is 7.81. The van der Waals surface area contributed by atoms with Crippen LogP contribution in [0.15, 0.2) is 24.5 Å². The van der Waals surface area contributed by atoms with E-state index >= 15 is 0 Å². The normalized spacial score (nSPS) is 20.4. The predicted molar refractivity (Wildman–Crippen MR) is 70.4 cm³/mol. The number of nitrogens with zero attached hydrogens (tertiary/aromatic N) is 2. The van der Waals surface area contributed by atoms with Gasteiger partial charge in [0, 0.05) is 32.0 Å². The van der Waals surface area contributed by atoms with E-state index in [0.29, 0.717) is 12.6 Å². The summed E-state index contributed by atoms with van der Waals surface area (Å²) in [6, 6.07) is 4.08. The van der Waals surface area contributed by atoms with Gasteiger partial charge < -0.3 is 14.9 Å². The third kappa shape index (κ3) is 2.40. The molecule has 0 aliphatic carbocycles. The van der Waals surface area contributed by atoms with E-state index in [1.807, 2.05) is 18.3 Å². The van der Waals surface area contributed by atoms with Crippen molar-refractivity contribution < 1.29 is 4.74 Å². The van der Waals surface area contributed by atoms with Crippen LogP contribution in [0.2, 0.25) is 0 Å². The van der Waals surface area contributed by atoms with Crippen molar-refractivity contribution in [2.75, 3.05) is 6.61 Å². The smallest absolute Gasteiger partial charge is 0.137 e. The topological polar surface area (TPSA) is 52.5 Å². The fourth-order valence-electron chi connectivity index (χ4n) is 2.50. The molecule has 4 heteroatoms. The van der Waals surface area contributed by atoms with Crippen LogP contribution in [0.25, 0.3) is 5.65 Å². The molecule has 0 aromatic carbocycles. The Bertz CT molecular complexity index is 529. The van der Waals surface area contributed by atoms with Gasteiger partial charge in [-0.1, -0.05) is 0 Å². The molecule has 18 heavy (non-hydrogen) atoms. The first-order valence-corrected chi connectivity index (χ1v) is 6.63. The predicted octanol–water partition coefficient (Wildman–Crippen LogP) is 1.90. The van der Waals surface area contributed by atoms with E-state index in [-0.39, 0.29) is 0 Å². The second-order valence-corrected chi connectivity index (χ2v) is 4.93. The quantitative estimate of drug-likeness (QED) is 0.898. The number of hydrogen-bond donors (Lipinski definition) is 1. The van der Waals surface area contributed by atoms with Crippen molar-refractivity contribution in [3.63, 3.8) is 0 Å². The van der Waals surface area contributed by atoms with Crippen LogP contribution in [-0.2, 0) is 17.7 Å². The minimum atomic E-state index is 0.345. The van der Waals surface area contributed by atoms with Crippen LogP contribution in [0.1, 0.15) is 30.5 Å². The first-order valence-electron chi connectivity index (χ1n) is 6.63. The largest absolute Gasteiger partial charge is 0.378 e. The SMILES string of the molecule is NCc1ccn2cc(CC3CCCCO3)nc2c1. The molecule has 1 unspecified atom stereocenters. The molecule has 3 rings (SSSR count). The van der Waals surface area contributed by atoms with Crippen molar-refractivity contribution >= 4 is 5.65 Å². The van der Waals surface area contributed by atoms with Crippen LogP contribution < -0.4 is 5.73 Å². The molecule has 0 radical (unpaired) electrons. The van der Waals surface area contributed by atoms with Gasteiger partial charge in [-0.2, -0.15) is 0 Å². The zero-order chi connectivity index (χ0) is 12.4. The lowest BCUT2D eigenvalue weighted by Crippen LogP contribution is -2.21. The molecule has 3 heterocycles. The Kier molecular flexibility index (Phi) is 3.30. The van der Waals surface area contributed by atoms with Crippen molar-refractivity contribution in [3.05, 3.63) is 35.8 Å². The second kappa shape index (κ2) is 5.08. The van der Waals surface area contributed by atoms with Crippen LogP contribution in [0.3, 0.4) is 0 Å². The van der Waals surface area contributed by atoms with Crippen molar-refractivity contribution in [2.45, 2.75) is 38.3 Å². The average molecular weight is 245 g/mol. The van der Waals surface area contributed by atoms with Crippen LogP contribution in [0, 0.1) is 0 Å². The maximum absolute atomic E-state index is 5.75. The van der Waals surface area contributed by atoms with Gasteiger partial charge in [-0.25, -0.2) is 4.98 Å². The molecular formula is C14H19N3O. The number of imidazole rings is 1. The Morgan fingerprint density at radius 3 is 3.17 bits per heavy atom. The minimum absolute atomic E-state index is 0.345. The zero-order valence-corrected chi connectivity index (χ0v) is 10.5. The Morgan fingerprint density at radius 1 is 1.44 bits per heavy atom. The number of aromatic nitrogens is 2. The van der Waals surface area contributed by atoms with Crippen LogP contribution >= 0.6 is 0 Å². The molecule has 1 aliphatic heterocycles. The van der Waals surface area contributed by atoms with E-state index in [4.69, 9.17) is 10.5 Å². The monoisotopic (exact) mass is 245 g/mol. The van der Waals surface area contributed by atoms with Crippen molar-refractivity contribution in [3.8, 4) is 0 Å². The summed E-state index contributed by atoms with van der Waals surface area (Å²) in [4.78, 5) is 4.64. The molecule has 1 atom stereocenters. The summed E-state index contributed by atoms with van der Waals surface area (Å²) in [6.45, 7) is 1.46. The molecular weight excluding hydrogens is 226 g/mol. The van der Waals surface area contributed by atoms with Gasteiger partial charge in [0.25, 0.3) is 0 Å². The van der Waals surface area contributed by atoms with E-state index in [9.17, 15) is 0 Å². The van der Waals surface area contributed by atoms with Gasteiger partial charge in [-0.05, 0) is 37.0 Å². The van der Waals surface area contributed by atoms with Crippen LogP contribution in [0.5, 0.6) is 0 Å². The van der Waals surface area contributed by atoms with Gasteiger partial charge in [0.2, 0.25) is 0 Å². The Labute approximate surface area is 107 Å². The van der Waals surface area contributed by atoms with Gasteiger partial charge in [0.05, 0.1) is 11.8 Å². The third-order valence-electron chi connectivity index (χ3n) is 3.52. The Hall–Kier alpha value is -1.39. The Balaban J connectivity index is 1.79. The maximum Gasteiger partial charge on any atom is 0.137 e. The minimum Gasteiger partial charge on any atom is -0.378 e. The summed E-state index contributed by atoms with van der Waals surface area (Å²) in [5, 5.41) is 0. The first-order chi connectivity index (χ1) is 8.85. The number of ether oxygens (including phenoxy) is 1. The van der Waals surface area contributed by atoms with Crippen molar-refractivity contribution in [2.24, 2.45) is 5.73 Å². The zero-order valence-electron chi connectivity index (χ0n) is 10.5. The lowest BCUT2D eigenvalue weighted by atomic mass is 10.1. The lowest BCUT2D eigenvalue weighted by Gasteiger charge is -2.21. The summed E-state index contributed by atoms with van der Waals surface area (Å²) in [6.07, 6.45) is 9.00. The summed E-state index contributed by atoms with van der Waals surface area (Å²) in [5.41, 5.74) is 8.84. The molecule has 1 aliphatic rings. The molecule has 0 saturated carbocycles. The number of rotatable bonds is 3. The summed E-state index contributed by atoms with van der Waals surface area (Å²) in [5.74, 6) is 0. The van der Waals surface area contributed by atoms with Crippen LogP contribution in [0.4, 0.5) is 0 Å². The highest BCUT2D eigenvalue weighted by molar-refractivity contribution is 5.43. The molecule has 2 aromatic heterocycles. The third-order valence-corrected chi connectivity index (χ3v) is 3.52. The van der Waals surface area contributed by atoms with E-state index in [2.05, 4.69) is 15.6 Å². The summed E-state index contributed by atoms with van der Waals surface area (Å²) in [7, 11) is 0. The molecule has 96 valence electrons. The number of hydrogen-bond acceptors (Lipinski definition) is 3. The average Bonchev–Trinajstić information content (AvgIpc) is 2.80. The fourth-order valence-corrected chi connectivity index (χ4v) is 2.50. The van der Waals surface area contributed by atoms with Crippen molar-refractivity contribution in [1.29, 1.82) is 0 Å². The molecule has 4 nitrogen and oxygen atoms in total. The van der Waals surface area contributed by atoms with Crippen molar-refractivity contribution in [1.82, 2.24) is 9.38 Å². The van der Waals surface area contributed by atoms with Gasteiger partial charge in [0.1, 0.15) is 5.65 Å². The van der Waals surface area contributed by atoms with E-state index < -0.39 is 0 Å². The molecule has 1 saturated heterocycles. The fraction of sp³-hybridized carbons (Fsp3) is 0.500. The summed E-state index contributed by atoms with van der Waals surface area (Å²) >= 11 is 0. The highest BCUT2D eigenvalue weighted by atomic mass is 16.5. The van der Waals surface area contributed by atoms with Gasteiger partial charge in [-0.3, -0.25) is 0 Å². The number of nitrogens with two attached hydrogens (primary N) is 1. The molecule has 0 amide bonds. The van der Waals surface area contributed by atoms with Gasteiger partial charge in [-0.15, -0.1) is 0 Å². The van der Waals surface area contributed by atoms with Crippen LogP contribution in [-0.4, -0.2) is 22.1 Å². The number of fused-ring (bicyclic) bond motifs is 1. The van der Waals surface area contributed by atoms with E-state index in [0.717, 1.165) is 36.4 Å². The number of pyridine rings is 1. The van der Waals surface area contributed by atoms with Gasteiger partial charge >= 0.3 is 0 Å². The lowest BCUT2D eigenvalue weighted by molar-refractivity contribution is 0.0163. The molecule has 0 bridgehead atoms. The van der Waals surface area contributed by atoms with Gasteiger partial charge in [0.15, 0.2) is 0 Å². The standard InChI is InChI=1S/C14H19N3O/c15-9-11-4-5-17-10-12(16-14(17)7-11)8-13-3-1-2-6-18-13/h4-5,7,10,13H,1-3,6,8-9,15H2. The Morgan fingerprint density at radius 2 is 2.39 bits per heavy atom.